The molecule has 0 amide bonds. The van der Waals surface area contributed by atoms with Gasteiger partial charge in [-0.3, -0.25) is 9.80 Å². The maximum absolute atomic E-state index is 13.9. The van der Waals surface area contributed by atoms with Gasteiger partial charge < -0.3 is 4.74 Å². The van der Waals surface area contributed by atoms with Crippen molar-refractivity contribution in [1.29, 1.82) is 0 Å². The molecule has 2 aliphatic rings. The molecule has 1 atom stereocenters. The molecule has 1 unspecified atom stereocenters. The van der Waals surface area contributed by atoms with Crippen molar-refractivity contribution in [3.8, 4) is 5.75 Å². The Morgan fingerprint density at radius 3 is 2.41 bits per heavy atom. The van der Waals surface area contributed by atoms with Crippen molar-refractivity contribution in [1.82, 2.24) is 9.80 Å². The standard InChI is InChI=1S/C27H26F2N2O/c28-22-9-7-20(8-10-22)4-3-13-30-14-16-31(17-15-30)27-24-6-2-1-5-21(24)19-32-26-18-23(29)11-12-25(26)27/h1-12,18,27H,13-17,19H2/b4-3+. The monoisotopic (exact) mass is 432 g/mol. The highest BCUT2D eigenvalue weighted by Gasteiger charge is 2.31. The number of hydrogen-bond donors (Lipinski definition) is 0. The number of ether oxygens (including phenoxy) is 1. The second-order valence-corrected chi connectivity index (χ2v) is 8.36. The van der Waals surface area contributed by atoms with Crippen LogP contribution in [0.1, 0.15) is 28.3 Å². The van der Waals surface area contributed by atoms with Crippen molar-refractivity contribution in [2.75, 3.05) is 32.7 Å². The zero-order valence-electron chi connectivity index (χ0n) is 17.9. The van der Waals surface area contributed by atoms with Gasteiger partial charge in [0.2, 0.25) is 0 Å². The molecular weight excluding hydrogens is 406 g/mol. The largest absolute Gasteiger partial charge is 0.488 e. The highest BCUT2D eigenvalue weighted by molar-refractivity contribution is 5.49. The number of halogens is 2. The average molecular weight is 433 g/mol. The molecule has 0 aromatic heterocycles. The van der Waals surface area contributed by atoms with E-state index in [-0.39, 0.29) is 17.7 Å². The minimum absolute atomic E-state index is 0.0567. The highest BCUT2D eigenvalue weighted by atomic mass is 19.1. The lowest BCUT2D eigenvalue weighted by Crippen LogP contribution is -2.47. The Morgan fingerprint density at radius 1 is 0.844 bits per heavy atom. The minimum Gasteiger partial charge on any atom is -0.488 e. The first-order valence-corrected chi connectivity index (χ1v) is 11.1. The van der Waals surface area contributed by atoms with Crippen LogP contribution in [0.15, 0.2) is 72.8 Å². The van der Waals surface area contributed by atoms with Crippen LogP contribution in [-0.2, 0) is 6.61 Å². The maximum Gasteiger partial charge on any atom is 0.127 e. The van der Waals surface area contributed by atoms with E-state index in [0.717, 1.165) is 49.4 Å². The number of rotatable bonds is 4. The van der Waals surface area contributed by atoms with Gasteiger partial charge in [0, 0.05) is 44.4 Å². The highest BCUT2D eigenvalue weighted by Crippen LogP contribution is 2.40. The molecule has 5 heteroatoms. The van der Waals surface area contributed by atoms with E-state index in [9.17, 15) is 8.78 Å². The summed E-state index contributed by atoms with van der Waals surface area (Å²) in [5.74, 6) is 0.148. The number of benzene rings is 3. The second kappa shape index (κ2) is 9.23. The van der Waals surface area contributed by atoms with E-state index in [0.29, 0.717) is 12.4 Å². The van der Waals surface area contributed by atoms with Crippen molar-refractivity contribution in [2.45, 2.75) is 12.6 Å². The fourth-order valence-electron chi connectivity index (χ4n) is 4.62. The third-order valence-corrected chi connectivity index (χ3v) is 6.32. The lowest BCUT2D eigenvalue weighted by molar-refractivity contribution is 0.117. The molecule has 3 aromatic carbocycles. The summed E-state index contributed by atoms with van der Waals surface area (Å²) in [6, 6.07) is 19.9. The van der Waals surface area contributed by atoms with Crippen molar-refractivity contribution in [2.24, 2.45) is 0 Å². The summed E-state index contributed by atoms with van der Waals surface area (Å²) < 4.78 is 33.0. The molecule has 0 spiro atoms. The van der Waals surface area contributed by atoms with Crippen molar-refractivity contribution in [3.63, 3.8) is 0 Å². The summed E-state index contributed by atoms with van der Waals surface area (Å²) in [4.78, 5) is 4.89. The van der Waals surface area contributed by atoms with Crippen molar-refractivity contribution >= 4 is 6.08 Å². The molecule has 0 bridgehead atoms. The second-order valence-electron chi connectivity index (χ2n) is 8.36. The molecule has 5 rings (SSSR count). The summed E-state index contributed by atoms with van der Waals surface area (Å²) in [7, 11) is 0. The normalized spacial score (nSPS) is 19.2. The first-order chi connectivity index (χ1) is 15.7. The molecular formula is C27H26F2N2O. The number of nitrogens with zero attached hydrogens (tertiary/aromatic N) is 2. The molecule has 0 radical (unpaired) electrons. The summed E-state index contributed by atoms with van der Waals surface area (Å²) in [6.45, 7) is 5.04. The molecule has 2 aliphatic heterocycles. The third kappa shape index (κ3) is 4.45. The minimum atomic E-state index is -0.272. The SMILES string of the molecule is Fc1ccc(/C=C/CN2CCN(C3c4ccccc4COc4cc(F)ccc43)CC2)cc1. The van der Waals surface area contributed by atoms with Crippen LogP contribution in [0, 0.1) is 11.6 Å². The van der Waals surface area contributed by atoms with Crippen molar-refractivity contribution in [3.05, 3.63) is 107 Å². The van der Waals surface area contributed by atoms with Crippen LogP contribution in [0.4, 0.5) is 8.78 Å². The third-order valence-electron chi connectivity index (χ3n) is 6.32. The topological polar surface area (TPSA) is 15.7 Å². The van der Waals surface area contributed by atoms with Gasteiger partial charge in [0.05, 0.1) is 6.04 Å². The zero-order chi connectivity index (χ0) is 21.9. The average Bonchev–Trinajstić information content (AvgIpc) is 2.97. The summed E-state index contributed by atoms with van der Waals surface area (Å²) in [6.07, 6.45) is 4.17. The summed E-state index contributed by atoms with van der Waals surface area (Å²) >= 11 is 0. The number of piperazine rings is 1. The van der Waals surface area contributed by atoms with Crippen LogP contribution < -0.4 is 4.74 Å². The van der Waals surface area contributed by atoms with Gasteiger partial charge in [-0.25, -0.2) is 8.78 Å². The molecule has 1 fully saturated rings. The van der Waals surface area contributed by atoms with Gasteiger partial charge in [-0.15, -0.1) is 0 Å². The van der Waals surface area contributed by atoms with Crippen molar-refractivity contribution < 1.29 is 13.5 Å². The zero-order valence-corrected chi connectivity index (χ0v) is 17.9. The summed E-state index contributed by atoms with van der Waals surface area (Å²) in [5.41, 5.74) is 4.42. The molecule has 0 saturated carbocycles. The van der Waals surface area contributed by atoms with Crippen LogP contribution in [0.2, 0.25) is 0 Å². The molecule has 1 saturated heterocycles. The van der Waals surface area contributed by atoms with Crippen LogP contribution >= 0.6 is 0 Å². The Morgan fingerprint density at radius 2 is 1.59 bits per heavy atom. The van der Waals surface area contributed by atoms with Gasteiger partial charge in [-0.2, -0.15) is 0 Å². The van der Waals surface area contributed by atoms with Crippen LogP contribution in [0.5, 0.6) is 5.75 Å². The Balaban J connectivity index is 1.30. The first-order valence-electron chi connectivity index (χ1n) is 11.1. The molecule has 0 aliphatic carbocycles. The van der Waals surface area contributed by atoms with E-state index in [1.54, 1.807) is 12.1 Å². The lowest BCUT2D eigenvalue weighted by Gasteiger charge is -2.39. The van der Waals surface area contributed by atoms with Gasteiger partial charge >= 0.3 is 0 Å². The van der Waals surface area contributed by atoms with Crippen LogP contribution in [0.25, 0.3) is 6.08 Å². The van der Waals surface area contributed by atoms with E-state index in [1.165, 1.54) is 29.8 Å². The number of fused-ring (bicyclic) bond motifs is 2. The predicted molar refractivity (Wildman–Crippen MR) is 122 cm³/mol. The predicted octanol–water partition coefficient (Wildman–Crippen LogP) is 5.28. The fourth-order valence-corrected chi connectivity index (χ4v) is 4.62. The smallest absolute Gasteiger partial charge is 0.127 e. The lowest BCUT2D eigenvalue weighted by atomic mass is 9.93. The molecule has 3 aromatic rings. The fraction of sp³-hybridized carbons (Fsp3) is 0.259. The van der Waals surface area contributed by atoms with Gasteiger partial charge in [0.15, 0.2) is 0 Å². The van der Waals surface area contributed by atoms with E-state index in [1.807, 2.05) is 18.2 Å². The summed E-state index contributed by atoms with van der Waals surface area (Å²) in [5, 5.41) is 0. The molecule has 3 nitrogen and oxygen atoms in total. The van der Waals surface area contributed by atoms with Gasteiger partial charge in [-0.05, 0) is 34.9 Å². The molecule has 2 heterocycles. The van der Waals surface area contributed by atoms with Gasteiger partial charge in [-0.1, -0.05) is 54.6 Å². The Hall–Kier alpha value is -3.02. The molecule has 164 valence electrons. The van der Waals surface area contributed by atoms with Gasteiger partial charge in [0.1, 0.15) is 24.0 Å². The number of hydrogen-bond acceptors (Lipinski definition) is 3. The molecule has 0 N–H and O–H groups in total. The van der Waals surface area contributed by atoms with E-state index < -0.39 is 0 Å². The van der Waals surface area contributed by atoms with Gasteiger partial charge in [0.25, 0.3) is 0 Å². The molecule has 32 heavy (non-hydrogen) atoms. The first kappa shape index (κ1) is 20.9. The quantitative estimate of drug-likeness (QED) is 0.558. The Bertz CT molecular complexity index is 1100. The maximum atomic E-state index is 13.9. The van der Waals surface area contributed by atoms with E-state index >= 15 is 0 Å². The Kier molecular flexibility index (Phi) is 6.02. The van der Waals surface area contributed by atoms with Crippen LogP contribution in [0.3, 0.4) is 0 Å². The van der Waals surface area contributed by atoms with E-state index in [4.69, 9.17) is 4.74 Å². The van der Waals surface area contributed by atoms with E-state index in [2.05, 4.69) is 34.1 Å². The van der Waals surface area contributed by atoms with Crippen LogP contribution in [-0.4, -0.2) is 42.5 Å². The Labute approximate surface area is 187 Å².